The van der Waals surface area contributed by atoms with E-state index in [1.165, 1.54) is 52.6 Å². The van der Waals surface area contributed by atoms with E-state index < -0.39 is 15.9 Å². The zero-order valence-electron chi connectivity index (χ0n) is 14.8. The minimum Gasteiger partial charge on any atom is -0.493 e. The molecule has 0 unspecified atom stereocenters. The first-order valence-corrected chi connectivity index (χ1v) is 9.00. The third kappa shape index (κ3) is 3.89. The van der Waals surface area contributed by atoms with Crippen molar-refractivity contribution < 1.29 is 27.4 Å². The van der Waals surface area contributed by atoms with Gasteiger partial charge in [0.1, 0.15) is 0 Å². The van der Waals surface area contributed by atoms with Gasteiger partial charge in [0.25, 0.3) is 5.91 Å². The number of sulfonamides is 1. The number of carbonyl (C=O) groups excluding carboxylic acids is 1. The van der Waals surface area contributed by atoms with Crippen LogP contribution in [-0.2, 0) is 10.0 Å². The van der Waals surface area contributed by atoms with Crippen molar-refractivity contribution in [3.05, 3.63) is 42.0 Å². The van der Waals surface area contributed by atoms with Gasteiger partial charge in [-0.05, 0) is 43.4 Å². The SMILES string of the molecule is CNS(=O)(=O)c1ccc(NC(=O)c2ccc(OC)c(OC)c2OC)cc1. The second kappa shape index (κ2) is 8.07. The van der Waals surface area contributed by atoms with Crippen molar-refractivity contribution in [3.63, 3.8) is 0 Å². The van der Waals surface area contributed by atoms with Crippen LogP contribution in [0.25, 0.3) is 0 Å². The summed E-state index contributed by atoms with van der Waals surface area (Å²) in [6, 6.07) is 8.93. The number of hydrogen-bond acceptors (Lipinski definition) is 6. The zero-order chi connectivity index (χ0) is 19.3. The Morgan fingerprint density at radius 3 is 2.00 bits per heavy atom. The number of rotatable bonds is 7. The van der Waals surface area contributed by atoms with E-state index >= 15 is 0 Å². The van der Waals surface area contributed by atoms with Crippen LogP contribution >= 0.6 is 0 Å². The lowest BCUT2D eigenvalue weighted by molar-refractivity contribution is 0.102. The molecule has 0 saturated carbocycles. The van der Waals surface area contributed by atoms with Gasteiger partial charge in [0.2, 0.25) is 15.8 Å². The van der Waals surface area contributed by atoms with Crippen LogP contribution in [-0.4, -0.2) is 42.7 Å². The fraction of sp³-hybridized carbons (Fsp3) is 0.235. The maximum atomic E-state index is 12.6. The summed E-state index contributed by atoms with van der Waals surface area (Å²) in [5.41, 5.74) is 0.680. The van der Waals surface area contributed by atoms with Crippen LogP contribution in [0.4, 0.5) is 5.69 Å². The lowest BCUT2D eigenvalue weighted by atomic mass is 10.1. The minimum atomic E-state index is -3.54. The number of hydrogen-bond donors (Lipinski definition) is 2. The van der Waals surface area contributed by atoms with Gasteiger partial charge in [-0.1, -0.05) is 0 Å². The van der Waals surface area contributed by atoms with Gasteiger partial charge in [0, 0.05) is 5.69 Å². The summed E-state index contributed by atoms with van der Waals surface area (Å²) in [6.45, 7) is 0. The molecule has 9 heteroatoms. The third-order valence-electron chi connectivity index (χ3n) is 3.64. The standard InChI is InChI=1S/C17H20N2O6S/c1-18-26(21,22)12-7-5-11(6-8-12)19-17(20)13-9-10-14(23-2)16(25-4)15(13)24-3/h5-10,18H,1-4H3,(H,19,20). The number of amides is 1. The molecule has 0 aliphatic heterocycles. The minimum absolute atomic E-state index is 0.0988. The molecule has 0 heterocycles. The number of ether oxygens (including phenoxy) is 3. The summed E-state index contributed by atoms with van der Waals surface area (Å²) >= 11 is 0. The van der Waals surface area contributed by atoms with E-state index in [0.717, 1.165) is 0 Å². The molecule has 0 spiro atoms. The second-order valence-corrected chi connectivity index (χ2v) is 6.95. The van der Waals surface area contributed by atoms with Crippen molar-refractivity contribution in [2.24, 2.45) is 0 Å². The van der Waals surface area contributed by atoms with E-state index in [-0.39, 0.29) is 16.2 Å². The molecule has 1 amide bonds. The van der Waals surface area contributed by atoms with Crippen LogP contribution in [0.3, 0.4) is 0 Å². The van der Waals surface area contributed by atoms with Gasteiger partial charge in [-0.2, -0.15) is 0 Å². The molecule has 0 aromatic heterocycles. The molecule has 0 atom stereocenters. The van der Waals surface area contributed by atoms with Crippen LogP contribution in [0.15, 0.2) is 41.3 Å². The van der Waals surface area contributed by atoms with Crippen molar-refractivity contribution in [3.8, 4) is 17.2 Å². The highest BCUT2D eigenvalue weighted by Crippen LogP contribution is 2.39. The molecule has 0 saturated heterocycles. The smallest absolute Gasteiger partial charge is 0.259 e. The largest absolute Gasteiger partial charge is 0.493 e. The normalized spacial score (nSPS) is 10.9. The predicted molar refractivity (Wildman–Crippen MR) is 96.7 cm³/mol. The Morgan fingerprint density at radius 1 is 0.885 bits per heavy atom. The number of anilines is 1. The van der Waals surface area contributed by atoms with Gasteiger partial charge in [0.05, 0.1) is 31.8 Å². The Labute approximate surface area is 152 Å². The maximum Gasteiger partial charge on any atom is 0.259 e. The predicted octanol–water partition coefficient (Wildman–Crippen LogP) is 1.87. The highest BCUT2D eigenvalue weighted by molar-refractivity contribution is 7.89. The van der Waals surface area contributed by atoms with Crippen molar-refractivity contribution in [1.82, 2.24) is 4.72 Å². The monoisotopic (exact) mass is 380 g/mol. The summed E-state index contributed by atoms with van der Waals surface area (Å²) in [4.78, 5) is 12.7. The highest BCUT2D eigenvalue weighted by atomic mass is 32.2. The van der Waals surface area contributed by atoms with Crippen LogP contribution in [0.1, 0.15) is 10.4 Å². The van der Waals surface area contributed by atoms with E-state index in [4.69, 9.17) is 14.2 Å². The molecule has 2 aromatic rings. The molecule has 2 aromatic carbocycles. The molecular formula is C17H20N2O6S. The maximum absolute atomic E-state index is 12.6. The summed E-state index contributed by atoms with van der Waals surface area (Å²) in [7, 11) is 2.15. The average Bonchev–Trinajstić information content (AvgIpc) is 2.66. The lowest BCUT2D eigenvalue weighted by Crippen LogP contribution is -2.18. The third-order valence-corrected chi connectivity index (χ3v) is 5.07. The molecule has 2 N–H and O–H groups in total. The molecule has 8 nitrogen and oxygen atoms in total. The Balaban J connectivity index is 2.30. The van der Waals surface area contributed by atoms with Crippen LogP contribution in [0.2, 0.25) is 0 Å². The summed E-state index contributed by atoms with van der Waals surface area (Å²) in [6.07, 6.45) is 0. The quantitative estimate of drug-likeness (QED) is 0.760. The van der Waals surface area contributed by atoms with Crippen molar-refractivity contribution >= 4 is 21.6 Å². The molecule has 140 valence electrons. The second-order valence-electron chi connectivity index (χ2n) is 5.07. The van der Waals surface area contributed by atoms with Gasteiger partial charge in [-0.25, -0.2) is 13.1 Å². The summed E-state index contributed by atoms with van der Waals surface area (Å²) in [5, 5.41) is 2.69. The first-order valence-electron chi connectivity index (χ1n) is 7.51. The zero-order valence-corrected chi connectivity index (χ0v) is 15.6. The van der Waals surface area contributed by atoms with Crippen LogP contribution in [0.5, 0.6) is 17.2 Å². The average molecular weight is 380 g/mol. The topological polar surface area (TPSA) is 103 Å². The Kier molecular flexibility index (Phi) is 6.06. The molecule has 0 fully saturated rings. The fourth-order valence-corrected chi connectivity index (χ4v) is 3.04. The number of nitrogens with one attached hydrogen (secondary N) is 2. The highest BCUT2D eigenvalue weighted by Gasteiger charge is 2.21. The summed E-state index contributed by atoms with van der Waals surface area (Å²) < 4.78 is 41.4. The molecule has 26 heavy (non-hydrogen) atoms. The molecule has 0 aliphatic carbocycles. The number of carbonyl (C=O) groups is 1. The first kappa shape index (κ1) is 19.5. The molecular weight excluding hydrogens is 360 g/mol. The Hall–Kier alpha value is -2.78. The van der Waals surface area contributed by atoms with Crippen LogP contribution in [0, 0.1) is 0 Å². The molecule has 2 rings (SSSR count). The van der Waals surface area contributed by atoms with E-state index in [9.17, 15) is 13.2 Å². The Morgan fingerprint density at radius 2 is 1.50 bits per heavy atom. The van der Waals surface area contributed by atoms with Gasteiger partial charge in [-0.15, -0.1) is 0 Å². The fourth-order valence-electron chi connectivity index (χ4n) is 2.31. The van der Waals surface area contributed by atoms with E-state index in [1.807, 2.05) is 0 Å². The van der Waals surface area contributed by atoms with E-state index in [1.54, 1.807) is 12.1 Å². The molecule has 0 bridgehead atoms. The van der Waals surface area contributed by atoms with Crippen molar-refractivity contribution in [1.29, 1.82) is 0 Å². The lowest BCUT2D eigenvalue weighted by Gasteiger charge is -2.15. The van der Waals surface area contributed by atoms with Gasteiger partial charge in [0.15, 0.2) is 11.5 Å². The van der Waals surface area contributed by atoms with Gasteiger partial charge >= 0.3 is 0 Å². The molecule has 0 aliphatic rings. The number of methoxy groups -OCH3 is 3. The Bertz CT molecular complexity index is 894. The van der Waals surface area contributed by atoms with Gasteiger partial charge < -0.3 is 19.5 Å². The number of benzene rings is 2. The van der Waals surface area contributed by atoms with Crippen LogP contribution < -0.4 is 24.2 Å². The van der Waals surface area contributed by atoms with E-state index in [0.29, 0.717) is 17.2 Å². The molecule has 0 radical (unpaired) electrons. The first-order chi connectivity index (χ1) is 12.4. The van der Waals surface area contributed by atoms with Crippen molar-refractivity contribution in [2.45, 2.75) is 4.90 Å². The van der Waals surface area contributed by atoms with Crippen molar-refractivity contribution in [2.75, 3.05) is 33.7 Å². The van der Waals surface area contributed by atoms with Gasteiger partial charge in [-0.3, -0.25) is 4.79 Å². The summed E-state index contributed by atoms with van der Waals surface area (Å²) in [5.74, 6) is 0.534. The van der Waals surface area contributed by atoms with E-state index in [2.05, 4.69) is 10.0 Å².